The Morgan fingerprint density at radius 2 is 1.91 bits per heavy atom. The summed E-state index contributed by atoms with van der Waals surface area (Å²) in [7, 11) is 0. The average molecular weight is 309 g/mol. The van der Waals surface area contributed by atoms with Gasteiger partial charge in [-0.15, -0.1) is 0 Å². The number of anilines is 1. The highest BCUT2D eigenvalue weighted by Gasteiger charge is 2.12. The molecule has 1 heterocycles. The van der Waals surface area contributed by atoms with Crippen molar-refractivity contribution in [3.63, 3.8) is 0 Å². The molecule has 1 amide bonds. The number of hydrogen-bond donors (Lipinski definition) is 1. The Kier molecular flexibility index (Phi) is 4.10. The van der Waals surface area contributed by atoms with Crippen molar-refractivity contribution in [2.45, 2.75) is 6.92 Å². The third kappa shape index (κ3) is 3.58. The van der Waals surface area contributed by atoms with Crippen molar-refractivity contribution < 1.29 is 19.1 Å². The maximum atomic E-state index is 12.0. The zero-order valence-electron chi connectivity index (χ0n) is 12.5. The molecule has 0 aromatic heterocycles. The van der Waals surface area contributed by atoms with Crippen molar-refractivity contribution in [2.24, 2.45) is 0 Å². The molecule has 116 valence electrons. The Bertz CT molecular complexity index is 795. The smallest absolute Gasteiger partial charge is 0.248 e. The molecule has 0 spiro atoms. The summed E-state index contributed by atoms with van der Waals surface area (Å²) in [6.45, 7) is 1.70. The van der Waals surface area contributed by atoms with Crippen LogP contribution in [0.5, 0.6) is 11.5 Å². The van der Waals surface area contributed by atoms with E-state index < -0.39 is 0 Å². The van der Waals surface area contributed by atoms with Crippen molar-refractivity contribution >= 4 is 23.5 Å². The molecule has 0 aliphatic carbocycles. The van der Waals surface area contributed by atoms with E-state index >= 15 is 0 Å². The zero-order valence-corrected chi connectivity index (χ0v) is 12.5. The highest BCUT2D eigenvalue weighted by atomic mass is 16.7. The molecule has 2 aromatic rings. The molecular weight excluding hydrogens is 294 g/mol. The van der Waals surface area contributed by atoms with E-state index in [0.29, 0.717) is 22.7 Å². The van der Waals surface area contributed by atoms with Gasteiger partial charge in [0.2, 0.25) is 12.7 Å². The van der Waals surface area contributed by atoms with E-state index in [1.54, 1.807) is 36.4 Å². The number of Topliss-reactive ketones (excluding diaryl/α,β-unsaturated/α-hetero) is 1. The summed E-state index contributed by atoms with van der Waals surface area (Å²) >= 11 is 0. The summed E-state index contributed by atoms with van der Waals surface area (Å²) in [5.41, 5.74) is 1.97. The molecule has 0 radical (unpaired) electrons. The molecule has 3 rings (SSSR count). The summed E-state index contributed by atoms with van der Waals surface area (Å²) < 4.78 is 10.5. The molecule has 5 heteroatoms. The quantitative estimate of drug-likeness (QED) is 0.695. The molecular formula is C18H15NO4. The van der Waals surface area contributed by atoms with Crippen molar-refractivity contribution in [1.82, 2.24) is 0 Å². The molecule has 1 N–H and O–H groups in total. The predicted octanol–water partition coefficient (Wildman–Crippen LogP) is 3.27. The van der Waals surface area contributed by atoms with Crippen LogP contribution in [0.15, 0.2) is 48.5 Å². The third-order valence-corrected chi connectivity index (χ3v) is 3.36. The lowest BCUT2D eigenvalue weighted by atomic mass is 10.1. The van der Waals surface area contributed by atoms with Crippen molar-refractivity contribution in [3.8, 4) is 11.5 Å². The lowest BCUT2D eigenvalue weighted by molar-refractivity contribution is -0.111. The number of rotatable bonds is 4. The first-order chi connectivity index (χ1) is 11.1. The standard InChI is InChI=1S/C18H15NO4/c1-12(20)14-3-2-4-15(10-14)19-18(21)8-6-13-5-7-16-17(9-13)23-11-22-16/h2-10H,11H2,1H3,(H,19,21)/b8-6+. The Hall–Kier alpha value is -3.08. The fraction of sp³-hybridized carbons (Fsp3) is 0.111. The van der Waals surface area contributed by atoms with Crippen LogP contribution in [-0.2, 0) is 4.79 Å². The second-order valence-corrected chi connectivity index (χ2v) is 5.07. The summed E-state index contributed by atoms with van der Waals surface area (Å²) in [6.07, 6.45) is 3.12. The lowest BCUT2D eigenvalue weighted by Gasteiger charge is -2.03. The second-order valence-electron chi connectivity index (χ2n) is 5.07. The first kappa shape index (κ1) is 14.8. The molecule has 0 bridgehead atoms. The van der Waals surface area contributed by atoms with Gasteiger partial charge in [-0.05, 0) is 42.8 Å². The van der Waals surface area contributed by atoms with E-state index in [4.69, 9.17) is 9.47 Å². The van der Waals surface area contributed by atoms with Crippen LogP contribution in [0, 0.1) is 0 Å². The molecule has 0 fully saturated rings. The maximum Gasteiger partial charge on any atom is 0.248 e. The van der Waals surface area contributed by atoms with Gasteiger partial charge in [-0.25, -0.2) is 0 Å². The first-order valence-electron chi connectivity index (χ1n) is 7.11. The largest absolute Gasteiger partial charge is 0.454 e. The number of nitrogens with one attached hydrogen (secondary N) is 1. The van der Waals surface area contributed by atoms with Gasteiger partial charge in [-0.2, -0.15) is 0 Å². The number of benzene rings is 2. The minimum atomic E-state index is -0.275. The first-order valence-corrected chi connectivity index (χ1v) is 7.11. The Morgan fingerprint density at radius 1 is 1.09 bits per heavy atom. The fourth-order valence-corrected chi connectivity index (χ4v) is 2.19. The molecule has 0 saturated carbocycles. The SMILES string of the molecule is CC(=O)c1cccc(NC(=O)/C=C/c2ccc3c(c2)OCO3)c1. The van der Waals surface area contributed by atoms with Crippen LogP contribution in [0.25, 0.3) is 6.08 Å². The van der Waals surface area contributed by atoms with Gasteiger partial charge >= 0.3 is 0 Å². The van der Waals surface area contributed by atoms with Crippen LogP contribution in [0.1, 0.15) is 22.8 Å². The highest BCUT2D eigenvalue weighted by Crippen LogP contribution is 2.32. The monoisotopic (exact) mass is 309 g/mol. The Morgan fingerprint density at radius 3 is 2.74 bits per heavy atom. The number of carbonyl (C=O) groups excluding carboxylic acids is 2. The summed E-state index contributed by atoms with van der Waals surface area (Å²) in [5, 5.41) is 2.73. The number of carbonyl (C=O) groups is 2. The molecule has 5 nitrogen and oxygen atoms in total. The van der Waals surface area contributed by atoms with Crippen molar-refractivity contribution in [1.29, 1.82) is 0 Å². The number of amides is 1. The minimum absolute atomic E-state index is 0.0444. The van der Waals surface area contributed by atoms with Gasteiger partial charge in [0.05, 0.1) is 0 Å². The summed E-state index contributed by atoms with van der Waals surface area (Å²) in [5.74, 6) is 1.05. The van der Waals surface area contributed by atoms with E-state index in [0.717, 1.165) is 5.56 Å². The van der Waals surface area contributed by atoms with Crippen LogP contribution in [0.3, 0.4) is 0 Å². The summed E-state index contributed by atoms with van der Waals surface area (Å²) in [6, 6.07) is 12.3. The van der Waals surface area contributed by atoms with E-state index in [2.05, 4.69) is 5.32 Å². The van der Waals surface area contributed by atoms with Gasteiger partial charge in [0.25, 0.3) is 0 Å². The molecule has 0 saturated heterocycles. The molecule has 2 aromatic carbocycles. The number of ether oxygens (including phenoxy) is 2. The molecule has 23 heavy (non-hydrogen) atoms. The fourth-order valence-electron chi connectivity index (χ4n) is 2.19. The van der Waals surface area contributed by atoms with Gasteiger partial charge in [0.1, 0.15) is 0 Å². The molecule has 0 unspecified atom stereocenters. The van der Waals surface area contributed by atoms with Crippen LogP contribution < -0.4 is 14.8 Å². The third-order valence-electron chi connectivity index (χ3n) is 3.36. The normalized spacial score (nSPS) is 12.4. The highest BCUT2D eigenvalue weighted by molar-refractivity contribution is 6.03. The van der Waals surface area contributed by atoms with Crippen LogP contribution >= 0.6 is 0 Å². The van der Waals surface area contributed by atoms with E-state index in [1.165, 1.54) is 13.0 Å². The lowest BCUT2D eigenvalue weighted by Crippen LogP contribution is -2.08. The maximum absolute atomic E-state index is 12.0. The van der Waals surface area contributed by atoms with Crippen molar-refractivity contribution in [2.75, 3.05) is 12.1 Å². The Balaban J connectivity index is 1.67. The number of hydrogen-bond acceptors (Lipinski definition) is 4. The molecule has 1 aliphatic heterocycles. The van der Waals surface area contributed by atoms with E-state index in [1.807, 2.05) is 12.1 Å². The van der Waals surface area contributed by atoms with Gasteiger partial charge in [-0.1, -0.05) is 18.2 Å². The minimum Gasteiger partial charge on any atom is -0.454 e. The van der Waals surface area contributed by atoms with Crippen LogP contribution in [0.2, 0.25) is 0 Å². The molecule has 1 aliphatic rings. The van der Waals surface area contributed by atoms with Crippen LogP contribution in [0.4, 0.5) is 5.69 Å². The predicted molar refractivity (Wildman–Crippen MR) is 86.7 cm³/mol. The number of ketones is 1. The van der Waals surface area contributed by atoms with Gasteiger partial charge < -0.3 is 14.8 Å². The number of fused-ring (bicyclic) bond motifs is 1. The van der Waals surface area contributed by atoms with E-state index in [-0.39, 0.29) is 18.5 Å². The van der Waals surface area contributed by atoms with Crippen LogP contribution in [-0.4, -0.2) is 18.5 Å². The Labute approximate surface area is 133 Å². The van der Waals surface area contributed by atoms with Gasteiger partial charge in [0.15, 0.2) is 17.3 Å². The zero-order chi connectivity index (χ0) is 16.2. The van der Waals surface area contributed by atoms with Crippen molar-refractivity contribution in [3.05, 3.63) is 59.7 Å². The molecule has 0 atom stereocenters. The van der Waals surface area contributed by atoms with Gasteiger partial charge in [-0.3, -0.25) is 9.59 Å². The van der Waals surface area contributed by atoms with E-state index in [9.17, 15) is 9.59 Å². The second kappa shape index (κ2) is 6.36. The average Bonchev–Trinajstić information content (AvgIpc) is 3.01. The van der Waals surface area contributed by atoms with Gasteiger partial charge in [0, 0.05) is 17.3 Å². The summed E-state index contributed by atoms with van der Waals surface area (Å²) in [4.78, 5) is 23.3. The topological polar surface area (TPSA) is 64.6 Å².